The molecule has 1 aliphatic carbocycles. The average molecular weight is 402 g/mol. The van der Waals surface area contributed by atoms with Crippen molar-refractivity contribution in [2.75, 3.05) is 0 Å². The van der Waals surface area contributed by atoms with Gasteiger partial charge in [-0.05, 0) is 0 Å². The third kappa shape index (κ3) is 3.17. The second-order valence-electron chi connectivity index (χ2n) is 8.10. The molecule has 0 N–H and O–H groups in total. The summed E-state index contributed by atoms with van der Waals surface area (Å²) in [4.78, 5) is 0. The maximum absolute atomic E-state index is 6.63. The first-order valence-electron chi connectivity index (χ1n) is 9.81. The number of benzene rings is 3. The molecule has 0 amide bonds. The zero-order chi connectivity index (χ0) is 19.9. The van der Waals surface area contributed by atoms with Gasteiger partial charge >= 0.3 is 178 Å². The summed E-state index contributed by atoms with van der Waals surface area (Å²) < 4.78 is 8.14. The molecule has 0 bridgehead atoms. The van der Waals surface area contributed by atoms with Crippen LogP contribution in [0.15, 0.2) is 87.3 Å². The predicted molar refractivity (Wildman–Crippen MR) is 115 cm³/mol. The topological polar surface area (TPSA) is 9.23 Å². The van der Waals surface area contributed by atoms with Crippen molar-refractivity contribution in [3.8, 4) is 16.9 Å². The van der Waals surface area contributed by atoms with E-state index in [4.69, 9.17) is 3.32 Å². The molecule has 0 saturated carbocycles. The molecule has 0 spiro atoms. The Hall–Kier alpha value is -2.09. The van der Waals surface area contributed by atoms with Gasteiger partial charge in [-0.25, -0.2) is 0 Å². The van der Waals surface area contributed by atoms with Gasteiger partial charge in [0.05, 0.1) is 0 Å². The summed E-state index contributed by atoms with van der Waals surface area (Å²) in [5.41, 5.74) is 6.88. The predicted octanol–water partition coefficient (Wildman–Crippen LogP) is 7.53. The Morgan fingerprint density at radius 2 is 1.43 bits per heavy atom. The first-order valence-corrected chi connectivity index (χ1v) is 11.2. The van der Waals surface area contributed by atoms with E-state index >= 15 is 0 Å². The average Bonchev–Trinajstić information content (AvgIpc) is 2.86. The normalized spacial score (nSPS) is 16.0. The zero-order valence-corrected chi connectivity index (χ0v) is 18.8. The summed E-state index contributed by atoms with van der Waals surface area (Å²) in [5.74, 6) is 1.00. The van der Waals surface area contributed by atoms with E-state index in [0.29, 0.717) is 0 Å². The Kier molecular flexibility index (Phi) is 5.08. The molecule has 0 saturated heterocycles. The van der Waals surface area contributed by atoms with E-state index in [1.54, 1.807) is 0 Å². The summed E-state index contributed by atoms with van der Waals surface area (Å²) in [7, 11) is 0. The van der Waals surface area contributed by atoms with Gasteiger partial charge in [-0.3, -0.25) is 0 Å². The molecule has 1 nitrogen and oxygen atoms in total. The van der Waals surface area contributed by atoms with Crippen molar-refractivity contribution < 1.29 is 22.9 Å². The second kappa shape index (κ2) is 7.39. The third-order valence-corrected chi connectivity index (χ3v) is 8.66. The molecule has 0 aliphatic heterocycles. The van der Waals surface area contributed by atoms with Gasteiger partial charge in [0.15, 0.2) is 0 Å². The fourth-order valence-corrected chi connectivity index (χ4v) is 5.96. The van der Waals surface area contributed by atoms with Gasteiger partial charge in [-0.1, -0.05) is 0 Å². The minimum absolute atomic E-state index is 0.109. The van der Waals surface area contributed by atoms with Crippen molar-refractivity contribution in [3.05, 3.63) is 87.3 Å². The Morgan fingerprint density at radius 3 is 2.11 bits per heavy atom. The molecule has 0 atom stereocenters. The second-order valence-corrected chi connectivity index (χ2v) is 9.52. The van der Waals surface area contributed by atoms with Crippen LogP contribution in [-0.4, -0.2) is 0 Å². The van der Waals surface area contributed by atoms with Crippen LogP contribution in [0, 0.1) is 5.41 Å². The Labute approximate surface area is 177 Å². The Bertz CT molecular complexity index is 1100. The standard InChI is InChI=1S/C16H12O.C10H15.Ti/c17-15-11-10-12-6-4-5-9-14(12)16(15)13-7-2-1-3-8-13;1-7-6-10(4,5)9(3)8(7)2;/h1-11,17H;1-5H3;/q;;+1/p-1. The van der Waals surface area contributed by atoms with Crippen LogP contribution in [0.25, 0.3) is 21.9 Å². The molecule has 3 aromatic carbocycles. The number of hydrogen-bond donors (Lipinski definition) is 0. The van der Waals surface area contributed by atoms with Crippen LogP contribution in [0.1, 0.15) is 34.6 Å². The van der Waals surface area contributed by atoms with Crippen LogP contribution in [-0.2, 0) is 19.5 Å². The van der Waals surface area contributed by atoms with Gasteiger partial charge in [-0.15, -0.1) is 0 Å². The molecule has 0 aromatic heterocycles. The number of fused-ring (bicyclic) bond motifs is 1. The zero-order valence-electron chi connectivity index (χ0n) is 17.3. The molecule has 3 aromatic rings. The van der Waals surface area contributed by atoms with Crippen LogP contribution < -0.4 is 3.32 Å². The molecule has 4 rings (SSSR count). The quantitative estimate of drug-likeness (QED) is 0.410. The molecule has 28 heavy (non-hydrogen) atoms. The first-order chi connectivity index (χ1) is 13.4. The minimum atomic E-state index is -0.731. The monoisotopic (exact) mass is 402 g/mol. The summed E-state index contributed by atoms with van der Waals surface area (Å²) >= 11 is -0.731. The molecule has 0 unspecified atom stereocenters. The third-order valence-electron chi connectivity index (χ3n) is 6.28. The van der Waals surface area contributed by atoms with Crippen molar-refractivity contribution in [2.45, 2.75) is 34.6 Å². The fraction of sp³-hybridized carbons (Fsp3) is 0.231. The van der Waals surface area contributed by atoms with E-state index in [9.17, 15) is 0 Å². The number of hydrogen-bond acceptors (Lipinski definition) is 1. The number of rotatable bonds is 4. The van der Waals surface area contributed by atoms with Gasteiger partial charge in [0, 0.05) is 0 Å². The number of allylic oxidation sites excluding steroid dienone is 4. The van der Waals surface area contributed by atoms with Gasteiger partial charge < -0.3 is 0 Å². The van der Waals surface area contributed by atoms with Crippen LogP contribution >= 0.6 is 0 Å². The summed E-state index contributed by atoms with van der Waals surface area (Å²) in [6.07, 6.45) is 0. The van der Waals surface area contributed by atoms with E-state index in [0.717, 1.165) is 5.75 Å². The van der Waals surface area contributed by atoms with Gasteiger partial charge in [0.1, 0.15) is 0 Å². The summed E-state index contributed by atoms with van der Waals surface area (Å²) in [6.45, 7) is 11.4. The van der Waals surface area contributed by atoms with Crippen molar-refractivity contribution in [1.29, 1.82) is 0 Å². The molecule has 140 valence electrons. The molecule has 0 radical (unpaired) electrons. The molecular formula is C26H26OTi. The van der Waals surface area contributed by atoms with Gasteiger partial charge in [0.25, 0.3) is 0 Å². The van der Waals surface area contributed by atoms with Crippen LogP contribution in [0.4, 0.5) is 0 Å². The van der Waals surface area contributed by atoms with Crippen LogP contribution in [0.3, 0.4) is 0 Å². The molecule has 0 fully saturated rings. The Balaban J connectivity index is 1.77. The van der Waals surface area contributed by atoms with E-state index in [1.165, 1.54) is 42.5 Å². The SMILES string of the molecule is CC1=C(C)C(C)(C)[C]([Ti][O]c2ccc3ccccc3c2-c2ccccc2)=C1C. The summed E-state index contributed by atoms with van der Waals surface area (Å²) in [5, 5.41) is 2.50. The van der Waals surface area contributed by atoms with E-state index in [-0.39, 0.29) is 5.41 Å². The summed E-state index contributed by atoms with van der Waals surface area (Å²) in [6, 6.07) is 23.5. The van der Waals surface area contributed by atoms with Crippen molar-refractivity contribution >= 4 is 10.8 Å². The van der Waals surface area contributed by atoms with Gasteiger partial charge in [-0.2, -0.15) is 0 Å². The van der Waals surface area contributed by atoms with Gasteiger partial charge in [0.2, 0.25) is 0 Å². The molecule has 1 aliphatic rings. The van der Waals surface area contributed by atoms with E-state index in [1.807, 2.05) is 0 Å². The maximum atomic E-state index is 6.63. The fourth-order valence-electron chi connectivity index (χ4n) is 4.14. The van der Waals surface area contributed by atoms with E-state index in [2.05, 4.69) is 101 Å². The van der Waals surface area contributed by atoms with Crippen molar-refractivity contribution in [1.82, 2.24) is 0 Å². The Morgan fingerprint density at radius 1 is 0.750 bits per heavy atom. The van der Waals surface area contributed by atoms with Crippen LogP contribution in [0.2, 0.25) is 0 Å². The van der Waals surface area contributed by atoms with Crippen molar-refractivity contribution in [3.63, 3.8) is 0 Å². The first kappa shape index (κ1) is 19.2. The molecular weight excluding hydrogens is 376 g/mol. The molecule has 2 heteroatoms. The van der Waals surface area contributed by atoms with Crippen molar-refractivity contribution in [2.24, 2.45) is 5.41 Å². The van der Waals surface area contributed by atoms with Crippen LogP contribution in [0.5, 0.6) is 5.75 Å². The molecule has 0 heterocycles. The van der Waals surface area contributed by atoms with E-state index < -0.39 is 19.5 Å².